The molecular weight excluding hydrogens is 152 g/mol. The molecule has 0 heterocycles. The summed E-state index contributed by atoms with van der Waals surface area (Å²) in [5, 5.41) is 0. The number of allylic oxidation sites excluding steroid dienone is 2. The van der Waals surface area contributed by atoms with Crippen LogP contribution in [0.25, 0.3) is 0 Å². The van der Waals surface area contributed by atoms with Gasteiger partial charge in [0.25, 0.3) is 0 Å². The van der Waals surface area contributed by atoms with Gasteiger partial charge in [0.05, 0.1) is 0 Å². The molecule has 0 saturated heterocycles. The number of ether oxygens (including phenoxy) is 1. The summed E-state index contributed by atoms with van der Waals surface area (Å²) in [6.45, 7) is 0.797. The summed E-state index contributed by atoms with van der Waals surface area (Å²) in [7, 11) is 1.71. The van der Waals surface area contributed by atoms with Crippen LogP contribution in [0.15, 0.2) is 11.6 Å². The van der Waals surface area contributed by atoms with Crippen molar-refractivity contribution in [2.75, 3.05) is 13.7 Å². The fourth-order valence-corrected chi connectivity index (χ4v) is 1.50. The van der Waals surface area contributed by atoms with Gasteiger partial charge in [-0.1, -0.05) is 5.57 Å². The Bertz CT molecular complexity index is 182. The molecule has 0 radical (unpaired) electrons. The summed E-state index contributed by atoms with van der Waals surface area (Å²) in [6.07, 6.45) is 6.77. The van der Waals surface area contributed by atoms with Crippen molar-refractivity contribution in [2.24, 2.45) is 0 Å². The molecule has 68 valence electrons. The Morgan fingerprint density at radius 3 is 3.00 bits per heavy atom. The Morgan fingerprint density at radius 2 is 2.33 bits per heavy atom. The van der Waals surface area contributed by atoms with Crippen LogP contribution in [-0.2, 0) is 9.53 Å². The van der Waals surface area contributed by atoms with Gasteiger partial charge >= 0.3 is 0 Å². The lowest BCUT2D eigenvalue weighted by Crippen LogP contribution is -2.03. The molecule has 0 saturated carbocycles. The number of methoxy groups -OCH3 is 1. The molecule has 0 amide bonds. The van der Waals surface area contributed by atoms with E-state index in [1.54, 1.807) is 7.11 Å². The third-order valence-electron chi connectivity index (χ3n) is 2.13. The van der Waals surface area contributed by atoms with Gasteiger partial charge in [0, 0.05) is 20.1 Å². The van der Waals surface area contributed by atoms with E-state index in [1.165, 1.54) is 5.57 Å². The lowest BCUT2D eigenvalue weighted by atomic mass is 9.95. The third kappa shape index (κ3) is 3.18. The fourth-order valence-electron chi connectivity index (χ4n) is 1.50. The van der Waals surface area contributed by atoms with Gasteiger partial charge in [0.2, 0.25) is 0 Å². The van der Waals surface area contributed by atoms with Gasteiger partial charge in [-0.3, -0.25) is 4.79 Å². The van der Waals surface area contributed by atoms with Gasteiger partial charge in [0.1, 0.15) is 0 Å². The summed E-state index contributed by atoms with van der Waals surface area (Å²) in [6, 6.07) is 0. The SMILES string of the molecule is COCCCC1=CC(=O)CCC1. The average molecular weight is 168 g/mol. The van der Waals surface area contributed by atoms with Gasteiger partial charge in [0.15, 0.2) is 5.78 Å². The molecule has 1 aliphatic carbocycles. The quantitative estimate of drug-likeness (QED) is 0.601. The number of carbonyl (C=O) groups is 1. The Hall–Kier alpha value is -0.630. The largest absolute Gasteiger partial charge is 0.385 e. The normalized spacial score (nSPS) is 17.8. The first-order valence-electron chi connectivity index (χ1n) is 4.54. The molecule has 0 aromatic carbocycles. The fraction of sp³-hybridized carbons (Fsp3) is 0.700. The van der Waals surface area contributed by atoms with Crippen molar-refractivity contribution in [3.8, 4) is 0 Å². The third-order valence-corrected chi connectivity index (χ3v) is 2.13. The molecule has 0 atom stereocenters. The highest BCUT2D eigenvalue weighted by Crippen LogP contribution is 2.19. The predicted molar refractivity (Wildman–Crippen MR) is 48.1 cm³/mol. The number of rotatable bonds is 4. The minimum Gasteiger partial charge on any atom is -0.385 e. The zero-order chi connectivity index (χ0) is 8.81. The Kier molecular flexibility index (Phi) is 4.01. The summed E-state index contributed by atoms with van der Waals surface area (Å²) >= 11 is 0. The minimum absolute atomic E-state index is 0.300. The summed E-state index contributed by atoms with van der Waals surface area (Å²) in [5.74, 6) is 0.300. The summed E-state index contributed by atoms with van der Waals surface area (Å²) < 4.78 is 4.95. The molecule has 0 bridgehead atoms. The van der Waals surface area contributed by atoms with Crippen molar-refractivity contribution >= 4 is 5.78 Å². The molecule has 0 spiro atoms. The van der Waals surface area contributed by atoms with E-state index < -0.39 is 0 Å². The van der Waals surface area contributed by atoms with Crippen LogP contribution in [0.3, 0.4) is 0 Å². The number of carbonyl (C=O) groups excluding carboxylic acids is 1. The van der Waals surface area contributed by atoms with Crippen molar-refractivity contribution < 1.29 is 9.53 Å². The molecule has 2 nitrogen and oxygen atoms in total. The highest BCUT2D eigenvalue weighted by atomic mass is 16.5. The molecular formula is C10H16O2. The first-order valence-corrected chi connectivity index (χ1v) is 4.54. The molecule has 0 N–H and O–H groups in total. The Labute approximate surface area is 73.6 Å². The second-order valence-corrected chi connectivity index (χ2v) is 3.22. The van der Waals surface area contributed by atoms with E-state index in [0.717, 1.165) is 38.7 Å². The average Bonchev–Trinajstić information content (AvgIpc) is 2.05. The lowest BCUT2D eigenvalue weighted by Gasteiger charge is -2.10. The van der Waals surface area contributed by atoms with Crippen molar-refractivity contribution in [3.63, 3.8) is 0 Å². The van der Waals surface area contributed by atoms with E-state index in [9.17, 15) is 4.79 Å². The van der Waals surface area contributed by atoms with Crippen molar-refractivity contribution in [1.82, 2.24) is 0 Å². The monoisotopic (exact) mass is 168 g/mol. The molecule has 0 unspecified atom stereocenters. The van der Waals surface area contributed by atoms with Gasteiger partial charge in [-0.2, -0.15) is 0 Å². The maximum Gasteiger partial charge on any atom is 0.155 e. The number of hydrogen-bond donors (Lipinski definition) is 0. The van der Waals surface area contributed by atoms with Gasteiger partial charge in [-0.25, -0.2) is 0 Å². The number of ketones is 1. The smallest absolute Gasteiger partial charge is 0.155 e. The topological polar surface area (TPSA) is 26.3 Å². The molecule has 2 heteroatoms. The first-order chi connectivity index (χ1) is 5.83. The van der Waals surface area contributed by atoms with E-state index in [1.807, 2.05) is 6.08 Å². The lowest BCUT2D eigenvalue weighted by molar-refractivity contribution is -0.115. The van der Waals surface area contributed by atoms with E-state index >= 15 is 0 Å². The zero-order valence-corrected chi connectivity index (χ0v) is 7.64. The van der Waals surface area contributed by atoms with Crippen LogP contribution in [0.1, 0.15) is 32.1 Å². The standard InChI is InChI=1S/C10H16O2/c1-12-7-3-5-9-4-2-6-10(11)8-9/h8H,2-7H2,1H3. The summed E-state index contributed by atoms with van der Waals surface area (Å²) in [4.78, 5) is 11.0. The van der Waals surface area contributed by atoms with Crippen molar-refractivity contribution in [1.29, 1.82) is 0 Å². The second-order valence-electron chi connectivity index (χ2n) is 3.22. The first kappa shape index (κ1) is 9.46. The van der Waals surface area contributed by atoms with E-state index in [4.69, 9.17) is 4.74 Å². The van der Waals surface area contributed by atoms with Crippen LogP contribution in [0.5, 0.6) is 0 Å². The van der Waals surface area contributed by atoms with Crippen LogP contribution in [0.2, 0.25) is 0 Å². The van der Waals surface area contributed by atoms with Crippen LogP contribution in [0.4, 0.5) is 0 Å². The van der Waals surface area contributed by atoms with E-state index in [0.29, 0.717) is 5.78 Å². The predicted octanol–water partition coefficient (Wildman–Crippen LogP) is 2.09. The van der Waals surface area contributed by atoms with Crippen LogP contribution in [0, 0.1) is 0 Å². The van der Waals surface area contributed by atoms with E-state index in [2.05, 4.69) is 0 Å². The maximum absolute atomic E-state index is 11.0. The van der Waals surface area contributed by atoms with Crippen LogP contribution >= 0.6 is 0 Å². The molecule has 1 rings (SSSR count). The van der Waals surface area contributed by atoms with Gasteiger partial charge in [-0.05, 0) is 31.8 Å². The molecule has 0 aliphatic heterocycles. The Balaban J connectivity index is 2.26. The van der Waals surface area contributed by atoms with E-state index in [-0.39, 0.29) is 0 Å². The van der Waals surface area contributed by atoms with Crippen LogP contribution in [-0.4, -0.2) is 19.5 Å². The number of hydrogen-bond acceptors (Lipinski definition) is 2. The molecule has 0 fully saturated rings. The van der Waals surface area contributed by atoms with Gasteiger partial charge < -0.3 is 4.74 Å². The second kappa shape index (κ2) is 5.09. The van der Waals surface area contributed by atoms with Gasteiger partial charge in [-0.15, -0.1) is 0 Å². The summed E-state index contributed by atoms with van der Waals surface area (Å²) in [5.41, 5.74) is 1.31. The molecule has 0 aromatic heterocycles. The van der Waals surface area contributed by atoms with Crippen molar-refractivity contribution in [2.45, 2.75) is 32.1 Å². The van der Waals surface area contributed by atoms with Crippen molar-refractivity contribution in [3.05, 3.63) is 11.6 Å². The molecule has 1 aliphatic rings. The minimum atomic E-state index is 0.300. The maximum atomic E-state index is 11.0. The molecule has 12 heavy (non-hydrogen) atoms. The zero-order valence-electron chi connectivity index (χ0n) is 7.64. The Morgan fingerprint density at radius 1 is 1.50 bits per heavy atom. The molecule has 0 aromatic rings. The highest BCUT2D eigenvalue weighted by Gasteiger charge is 2.08. The van der Waals surface area contributed by atoms with Crippen LogP contribution < -0.4 is 0 Å². The highest BCUT2D eigenvalue weighted by molar-refractivity contribution is 5.91.